The Balaban J connectivity index is 2.32. The van der Waals surface area contributed by atoms with Crippen LogP contribution in [0.1, 0.15) is 32.6 Å². The monoisotopic (exact) mass is 223 g/mol. The van der Waals surface area contributed by atoms with E-state index in [4.69, 9.17) is 5.26 Å². The van der Waals surface area contributed by atoms with Gasteiger partial charge < -0.3 is 9.80 Å². The van der Waals surface area contributed by atoms with Crippen LogP contribution in [0.4, 0.5) is 0 Å². The second kappa shape index (κ2) is 6.88. The maximum absolute atomic E-state index is 8.77. The summed E-state index contributed by atoms with van der Waals surface area (Å²) >= 11 is 0. The molecule has 92 valence electrons. The van der Waals surface area contributed by atoms with E-state index in [1.807, 2.05) is 0 Å². The average Bonchev–Trinajstić information content (AvgIpc) is 2.29. The molecule has 0 saturated carbocycles. The van der Waals surface area contributed by atoms with Crippen LogP contribution in [0.2, 0.25) is 0 Å². The number of piperidine rings is 1. The Labute approximate surface area is 100 Å². The van der Waals surface area contributed by atoms with Crippen LogP contribution >= 0.6 is 0 Å². The van der Waals surface area contributed by atoms with Gasteiger partial charge >= 0.3 is 0 Å². The Bertz CT molecular complexity index is 226. The van der Waals surface area contributed by atoms with E-state index in [2.05, 4.69) is 36.9 Å². The van der Waals surface area contributed by atoms with E-state index in [1.165, 1.54) is 25.9 Å². The standard InChI is InChI=1S/C13H25N3/c1-4-13(5-8-14)16(3)11-12-6-9-15(2)10-7-12/h12-13H,4-7,9-11H2,1-3H3. The molecule has 0 spiro atoms. The maximum atomic E-state index is 8.77. The molecular formula is C13H25N3. The van der Waals surface area contributed by atoms with Gasteiger partial charge in [0.25, 0.3) is 0 Å². The van der Waals surface area contributed by atoms with Gasteiger partial charge in [-0.05, 0) is 52.4 Å². The average molecular weight is 223 g/mol. The summed E-state index contributed by atoms with van der Waals surface area (Å²) in [6.45, 7) is 5.79. The molecule has 0 aliphatic carbocycles. The van der Waals surface area contributed by atoms with E-state index in [0.29, 0.717) is 12.5 Å². The second-order valence-electron chi connectivity index (χ2n) is 5.11. The van der Waals surface area contributed by atoms with Crippen LogP contribution in [0.5, 0.6) is 0 Å². The lowest BCUT2D eigenvalue weighted by atomic mass is 9.95. The Morgan fingerprint density at radius 3 is 2.56 bits per heavy atom. The van der Waals surface area contributed by atoms with Gasteiger partial charge in [-0.15, -0.1) is 0 Å². The summed E-state index contributed by atoms with van der Waals surface area (Å²) in [5, 5.41) is 8.77. The SMILES string of the molecule is CCC(CC#N)N(C)CC1CCN(C)CC1. The number of hydrogen-bond donors (Lipinski definition) is 0. The van der Waals surface area contributed by atoms with E-state index in [9.17, 15) is 0 Å². The number of nitrogens with zero attached hydrogens (tertiary/aromatic N) is 3. The molecule has 0 aromatic carbocycles. The zero-order chi connectivity index (χ0) is 12.0. The molecule has 0 amide bonds. The van der Waals surface area contributed by atoms with Crippen molar-refractivity contribution in [1.29, 1.82) is 5.26 Å². The van der Waals surface area contributed by atoms with Crippen molar-refractivity contribution in [3.8, 4) is 6.07 Å². The fourth-order valence-corrected chi connectivity index (χ4v) is 2.52. The summed E-state index contributed by atoms with van der Waals surface area (Å²) in [7, 11) is 4.37. The zero-order valence-corrected chi connectivity index (χ0v) is 10.9. The van der Waals surface area contributed by atoms with Gasteiger partial charge in [0.05, 0.1) is 12.5 Å². The molecule has 0 N–H and O–H groups in total. The number of nitriles is 1. The minimum absolute atomic E-state index is 0.449. The molecule has 1 heterocycles. The summed E-state index contributed by atoms with van der Waals surface area (Å²) < 4.78 is 0. The van der Waals surface area contributed by atoms with Crippen LogP contribution in [0.15, 0.2) is 0 Å². The van der Waals surface area contributed by atoms with Crippen molar-refractivity contribution in [2.45, 2.75) is 38.6 Å². The third-order valence-corrected chi connectivity index (χ3v) is 3.81. The molecule has 3 heteroatoms. The molecule has 0 aromatic heterocycles. The Hall–Kier alpha value is -0.590. The second-order valence-corrected chi connectivity index (χ2v) is 5.11. The molecule has 1 fully saturated rings. The van der Waals surface area contributed by atoms with Crippen molar-refractivity contribution in [3.63, 3.8) is 0 Å². The highest BCUT2D eigenvalue weighted by atomic mass is 15.1. The lowest BCUT2D eigenvalue weighted by Gasteiger charge is -2.34. The highest BCUT2D eigenvalue weighted by molar-refractivity contribution is 4.82. The van der Waals surface area contributed by atoms with Crippen LogP contribution in [-0.2, 0) is 0 Å². The molecule has 16 heavy (non-hydrogen) atoms. The van der Waals surface area contributed by atoms with Crippen molar-refractivity contribution in [2.75, 3.05) is 33.7 Å². The van der Waals surface area contributed by atoms with E-state index in [-0.39, 0.29) is 0 Å². The molecule has 1 aliphatic heterocycles. The number of likely N-dealkylation sites (tertiary alicyclic amines) is 1. The van der Waals surface area contributed by atoms with Crippen molar-refractivity contribution in [1.82, 2.24) is 9.80 Å². The molecule has 0 radical (unpaired) electrons. The minimum atomic E-state index is 0.449. The van der Waals surface area contributed by atoms with Gasteiger partial charge in [-0.1, -0.05) is 6.92 Å². The van der Waals surface area contributed by atoms with E-state index < -0.39 is 0 Å². The van der Waals surface area contributed by atoms with Crippen molar-refractivity contribution in [3.05, 3.63) is 0 Å². The molecule has 0 aromatic rings. The molecule has 3 nitrogen and oxygen atoms in total. The van der Waals surface area contributed by atoms with Gasteiger partial charge in [-0.3, -0.25) is 0 Å². The number of hydrogen-bond acceptors (Lipinski definition) is 3. The number of rotatable bonds is 5. The summed E-state index contributed by atoms with van der Waals surface area (Å²) in [6.07, 6.45) is 4.37. The normalized spacial score (nSPS) is 20.9. The summed E-state index contributed by atoms with van der Waals surface area (Å²) in [6, 6.07) is 2.74. The molecule has 1 unspecified atom stereocenters. The highest BCUT2D eigenvalue weighted by Gasteiger charge is 2.20. The minimum Gasteiger partial charge on any atom is -0.306 e. The first-order valence-corrected chi connectivity index (χ1v) is 6.43. The Kier molecular flexibility index (Phi) is 5.79. The smallest absolute Gasteiger partial charge is 0.0638 e. The van der Waals surface area contributed by atoms with Gasteiger partial charge in [-0.2, -0.15) is 5.26 Å². The predicted octanol–water partition coefficient (Wildman–Crippen LogP) is 1.95. The van der Waals surface area contributed by atoms with Crippen LogP contribution in [-0.4, -0.2) is 49.6 Å². The van der Waals surface area contributed by atoms with Crippen molar-refractivity contribution < 1.29 is 0 Å². The quantitative estimate of drug-likeness (QED) is 0.713. The van der Waals surface area contributed by atoms with E-state index >= 15 is 0 Å². The van der Waals surface area contributed by atoms with Gasteiger partial charge in [0.15, 0.2) is 0 Å². The van der Waals surface area contributed by atoms with Gasteiger partial charge in [-0.25, -0.2) is 0 Å². The molecule has 1 atom stereocenters. The zero-order valence-electron chi connectivity index (χ0n) is 10.9. The first-order chi connectivity index (χ1) is 7.67. The molecule has 0 bridgehead atoms. The predicted molar refractivity (Wildman–Crippen MR) is 67.2 cm³/mol. The molecular weight excluding hydrogens is 198 g/mol. The Morgan fingerprint density at radius 1 is 1.44 bits per heavy atom. The third-order valence-electron chi connectivity index (χ3n) is 3.81. The van der Waals surface area contributed by atoms with Crippen molar-refractivity contribution in [2.24, 2.45) is 5.92 Å². The van der Waals surface area contributed by atoms with Gasteiger partial charge in [0.1, 0.15) is 0 Å². The Morgan fingerprint density at radius 2 is 2.06 bits per heavy atom. The van der Waals surface area contributed by atoms with E-state index in [1.54, 1.807) is 0 Å². The fraction of sp³-hybridized carbons (Fsp3) is 0.923. The van der Waals surface area contributed by atoms with Crippen LogP contribution < -0.4 is 0 Å². The van der Waals surface area contributed by atoms with E-state index in [0.717, 1.165) is 18.9 Å². The van der Waals surface area contributed by atoms with Crippen LogP contribution in [0, 0.1) is 17.2 Å². The van der Waals surface area contributed by atoms with Gasteiger partial charge in [0.2, 0.25) is 0 Å². The summed E-state index contributed by atoms with van der Waals surface area (Å²) in [5.41, 5.74) is 0. The molecule has 1 saturated heterocycles. The largest absolute Gasteiger partial charge is 0.306 e. The lowest BCUT2D eigenvalue weighted by Crippen LogP contribution is -2.39. The maximum Gasteiger partial charge on any atom is 0.0638 e. The first-order valence-electron chi connectivity index (χ1n) is 6.43. The first kappa shape index (κ1) is 13.5. The lowest BCUT2D eigenvalue weighted by molar-refractivity contribution is 0.148. The third kappa shape index (κ3) is 4.11. The summed E-state index contributed by atoms with van der Waals surface area (Å²) in [5.74, 6) is 0.828. The van der Waals surface area contributed by atoms with Gasteiger partial charge in [0, 0.05) is 12.6 Å². The van der Waals surface area contributed by atoms with Crippen molar-refractivity contribution >= 4 is 0 Å². The highest BCUT2D eigenvalue weighted by Crippen LogP contribution is 2.18. The van der Waals surface area contributed by atoms with Crippen LogP contribution in [0.3, 0.4) is 0 Å². The molecule has 1 aliphatic rings. The fourth-order valence-electron chi connectivity index (χ4n) is 2.52. The summed E-state index contributed by atoms with van der Waals surface area (Å²) in [4.78, 5) is 4.79. The van der Waals surface area contributed by atoms with Crippen LogP contribution in [0.25, 0.3) is 0 Å². The topological polar surface area (TPSA) is 30.3 Å². The molecule has 1 rings (SSSR count).